The van der Waals surface area contributed by atoms with Gasteiger partial charge in [-0.05, 0) is 22.7 Å². The number of nitrogens with zero attached hydrogens (tertiary/aromatic N) is 1. The van der Waals surface area contributed by atoms with Gasteiger partial charge in [-0.15, -0.1) is 0 Å². The summed E-state index contributed by atoms with van der Waals surface area (Å²) < 4.78 is 12.7. The molecule has 1 fully saturated rings. The van der Waals surface area contributed by atoms with E-state index in [2.05, 4.69) is 39.2 Å². The molecule has 7 nitrogen and oxygen atoms in total. The Balaban J connectivity index is 1.68. The second-order valence-electron chi connectivity index (χ2n) is 10.1. The number of para-hydroxylation sites is 1. The van der Waals surface area contributed by atoms with E-state index in [1.165, 1.54) is 6.08 Å². The molecule has 1 N–H and O–H groups in total. The summed E-state index contributed by atoms with van der Waals surface area (Å²) in [6.07, 6.45) is 3.01. The average Bonchev–Trinajstić information content (AvgIpc) is 2.82. The van der Waals surface area contributed by atoms with Gasteiger partial charge in [0.25, 0.3) is 5.91 Å². The third kappa shape index (κ3) is 6.39. The smallest absolute Gasteiger partial charge is 0.330 e. The van der Waals surface area contributed by atoms with Crippen LogP contribution >= 0.6 is 0 Å². The van der Waals surface area contributed by atoms with Gasteiger partial charge in [-0.25, -0.2) is 4.79 Å². The van der Waals surface area contributed by atoms with Gasteiger partial charge in [0, 0.05) is 6.08 Å². The molecule has 186 valence electrons. The van der Waals surface area contributed by atoms with Crippen LogP contribution in [0.5, 0.6) is 5.75 Å². The third-order valence-electron chi connectivity index (χ3n) is 6.66. The summed E-state index contributed by atoms with van der Waals surface area (Å²) >= 11 is 0. The number of hydrogen-bond acceptors (Lipinski definition) is 5. The lowest BCUT2D eigenvalue weighted by Gasteiger charge is -2.57. The first-order valence-corrected chi connectivity index (χ1v) is 14.6. The van der Waals surface area contributed by atoms with Crippen LogP contribution in [0.3, 0.4) is 0 Å². The fourth-order valence-electron chi connectivity index (χ4n) is 3.70. The van der Waals surface area contributed by atoms with Crippen LogP contribution < -0.4 is 10.1 Å². The lowest BCUT2D eigenvalue weighted by atomic mass is 9.98. The zero-order valence-corrected chi connectivity index (χ0v) is 22.0. The minimum atomic E-state index is -2.26. The molecule has 0 saturated carbocycles. The molecule has 1 unspecified atom stereocenters. The summed E-state index contributed by atoms with van der Waals surface area (Å²) in [6, 6.07) is 17.2. The maximum atomic E-state index is 13.2. The predicted molar refractivity (Wildman–Crippen MR) is 137 cm³/mol. The number of nitrogens with one attached hydrogen (secondary N) is 1. The Hall–Kier alpha value is -3.39. The Morgan fingerprint density at radius 3 is 2.23 bits per heavy atom. The van der Waals surface area contributed by atoms with Crippen molar-refractivity contribution in [2.75, 3.05) is 6.61 Å². The van der Waals surface area contributed by atoms with Gasteiger partial charge in [0.05, 0.1) is 6.04 Å². The molecule has 0 bridgehead atoms. The number of ether oxygens (including phenoxy) is 2. The molecule has 0 aromatic heterocycles. The summed E-state index contributed by atoms with van der Waals surface area (Å²) in [6.45, 7) is 10.5. The molecule has 0 radical (unpaired) electrons. The van der Waals surface area contributed by atoms with Gasteiger partial charge in [0.2, 0.25) is 5.91 Å². The van der Waals surface area contributed by atoms with Crippen LogP contribution in [0.4, 0.5) is 0 Å². The number of carbonyl (C=O) groups excluding carboxylic acids is 3. The first-order chi connectivity index (χ1) is 16.5. The Labute approximate surface area is 208 Å². The molecule has 1 saturated heterocycles. The number of esters is 1. The van der Waals surface area contributed by atoms with E-state index < -0.39 is 32.2 Å². The van der Waals surface area contributed by atoms with E-state index in [1.54, 1.807) is 18.2 Å². The zero-order valence-electron chi connectivity index (χ0n) is 21.0. The summed E-state index contributed by atoms with van der Waals surface area (Å²) in [7, 11) is -2.26. The summed E-state index contributed by atoms with van der Waals surface area (Å²) in [5, 5.41) is 2.68. The maximum absolute atomic E-state index is 13.2. The Kier molecular flexibility index (Phi) is 8.17. The molecule has 1 heterocycles. The molecule has 35 heavy (non-hydrogen) atoms. The highest BCUT2D eigenvalue weighted by Gasteiger charge is 2.56. The lowest BCUT2D eigenvalue weighted by Crippen LogP contribution is -2.78. The van der Waals surface area contributed by atoms with Crippen LogP contribution in [0, 0.1) is 0 Å². The lowest BCUT2D eigenvalue weighted by molar-refractivity contribution is -0.145. The van der Waals surface area contributed by atoms with E-state index in [-0.39, 0.29) is 24.2 Å². The van der Waals surface area contributed by atoms with Gasteiger partial charge in [-0.1, -0.05) is 88.5 Å². The van der Waals surface area contributed by atoms with Crippen molar-refractivity contribution in [3.63, 3.8) is 0 Å². The van der Waals surface area contributed by atoms with Crippen molar-refractivity contribution in [3.8, 4) is 5.75 Å². The van der Waals surface area contributed by atoms with Crippen LogP contribution in [0.1, 0.15) is 26.3 Å². The van der Waals surface area contributed by atoms with Crippen molar-refractivity contribution in [2.24, 2.45) is 0 Å². The number of benzene rings is 2. The Morgan fingerprint density at radius 2 is 1.63 bits per heavy atom. The molecule has 2 amide bonds. The van der Waals surface area contributed by atoms with E-state index in [0.29, 0.717) is 5.75 Å². The van der Waals surface area contributed by atoms with Crippen LogP contribution in [-0.4, -0.2) is 49.3 Å². The first-order valence-electron chi connectivity index (χ1n) is 11.7. The van der Waals surface area contributed by atoms with Crippen LogP contribution in [-0.2, 0) is 25.7 Å². The van der Waals surface area contributed by atoms with E-state index in [9.17, 15) is 14.4 Å². The van der Waals surface area contributed by atoms with Crippen molar-refractivity contribution in [2.45, 2.75) is 57.6 Å². The molecule has 1 aliphatic rings. The third-order valence-corrected chi connectivity index (χ3v) is 12.1. The highest BCUT2D eigenvalue weighted by molar-refractivity contribution is 6.80. The summed E-state index contributed by atoms with van der Waals surface area (Å²) in [5.41, 5.74) is 0.888. The second kappa shape index (κ2) is 10.9. The highest BCUT2D eigenvalue weighted by atomic mass is 28.3. The molecule has 0 aliphatic carbocycles. The van der Waals surface area contributed by atoms with E-state index in [0.717, 1.165) is 5.56 Å². The topological polar surface area (TPSA) is 84.9 Å². The van der Waals surface area contributed by atoms with E-state index in [1.807, 2.05) is 53.1 Å². The van der Waals surface area contributed by atoms with Crippen LogP contribution in [0.25, 0.3) is 0 Å². The molecule has 3 rings (SSSR count). The largest absolute Gasteiger partial charge is 0.484 e. The Bertz CT molecular complexity index is 1060. The number of rotatable bonds is 9. The van der Waals surface area contributed by atoms with E-state index in [4.69, 9.17) is 9.47 Å². The average molecular weight is 495 g/mol. The zero-order chi connectivity index (χ0) is 25.6. The van der Waals surface area contributed by atoms with Gasteiger partial charge in [0.15, 0.2) is 14.8 Å². The van der Waals surface area contributed by atoms with Crippen LogP contribution in [0.2, 0.25) is 18.1 Å². The van der Waals surface area contributed by atoms with Gasteiger partial charge in [-0.2, -0.15) is 0 Å². The molecule has 0 spiro atoms. The molecular weight excluding hydrogens is 460 g/mol. The van der Waals surface area contributed by atoms with Crippen molar-refractivity contribution in [1.82, 2.24) is 9.88 Å². The first kappa shape index (κ1) is 26.2. The minimum Gasteiger partial charge on any atom is -0.484 e. The van der Waals surface area contributed by atoms with Gasteiger partial charge in [-0.3, -0.25) is 9.59 Å². The second-order valence-corrected chi connectivity index (χ2v) is 15.2. The predicted octanol–water partition coefficient (Wildman–Crippen LogP) is 4.07. The SMILES string of the molecule is CC(C)(C)[Si](C)(C)N1C(=O)[C@@H](NC(=O)COc2ccccc2)C1C=CC(=O)OCc1ccccc1. The standard InChI is InChI=1S/C27H34N2O5Si/c1-27(2,3)35(4,5)29-22(16-17-24(31)34-18-20-12-8-6-9-13-20)25(26(29)32)28-23(30)19-33-21-14-10-7-11-15-21/h6-17,22,25H,18-19H2,1-5H3,(H,28,30)/t22?,25-/m0/s1. The fourth-order valence-corrected chi connectivity index (χ4v) is 6.09. The van der Waals surface area contributed by atoms with Crippen molar-refractivity contribution >= 4 is 26.0 Å². The molecule has 1 aliphatic heterocycles. The number of hydrogen-bond donors (Lipinski definition) is 1. The molecule has 2 atom stereocenters. The monoisotopic (exact) mass is 494 g/mol. The maximum Gasteiger partial charge on any atom is 0.330 e. The Morgan fingerprint density at radius 1 is 1.03 bits per heavy atom. The van der Waals surface area contributed by atoms with Crippen molar-refractivity contribution in [1.29, 1.82) is 0 Å². The minimum absolute atomic E-state index is 0.103. The van der Waals surface area contributed by atoms with Gasteiger partial charge >= 0.3 is 5.97 Å². The number of β-lactam (4-membered cyclic amide) rings is 1. The summed E-state index contributed by atoms with van der Waals surface area (Å²) in [4.78, 5) is 38.1. The molecule has 2 aromatic carbocycles. The molecule has 8 heteroatoms. The van der Waals surface area contributed by atoms with E-state index >= 15 is 0 Å². The molecular formula is C27H34N2O5Si. The normalized spacial score (nSPS) is 18.2. The molecule has 2 aromatic rings. The quantitative estimate of drug-likeness (QED) is 0.246. The summed E-state index contributed by atoms with van der Waals surface area (Å²) in [5.74, 6) is -0.465. The fraction of sp³-hybridized carbons (Fsp3) is 0.370. The number of carbonyl (C=O) groups is 3. The van der Waals surface area contributed by atoms with Gasteiger partial charge in [0.1, 0.15) is 18.4 Å². The van der Waals surface area contributed by atoms with Gasteiger partial charge < -0.3 is 19.4 Å². The van der Waals surface area contributed by atoms with Crippen molar-refractivity contribution in [3.05, 3.63) is 78.4 Å². The van der Waals surface area contributed by atoms with Crippen molar-refractivity contribution < 1.29 is 23.9 Å². The van der Waals surface area contributed by atoms with Crippen LogP contribution in [0.15, 0.2) is 72.8 Å². The number of amides is 2. The highest BCUT2D eigenvalue weighted by Crippen LogP contribution is 2.43.